The standard InChI is InChI=1S/C20H28N2O2/c1-14(2)17-8-7-15(3)18(13-17)20(24)22-11-9-21(10-12-22)19(23)16-5-4-6-16/h7-8,13-14,16H,4-6,9-12H2,1-3H3. The summed E-state index contributed by atoms with van der Waals surface area (Å²) in [4.78, 5) is 29.1. The highest BCUT2D eigenvalue weighted by molar-refractivity contribution is 5.96. The Morgan fingerprint density at radius 2 is 1.67 bits per heavy atom. The zero-order chi connectivity index (χ0) is 17.3. The molecule has 4 heteroatoms. The van der Waals surface area contributed by atoms with E-state index in [0.717, 1.165) is 24.0 Å². The van der Waals surface area contributed by atoms with Crippen LogP contribution in [-0.2, 0) is 4.79 Å². The molecule has 24 heavy (non-hydrogen) atoms. The van der Waals surface area contributed by atoms with Crippen molar-refractivity contribution in [2.75, 3.05) is 26.2 Å². The van der Waals surface area contributed by atoms with Crippen molar-refractivity contribution in [2.24, 2.45) is 5.92 Å². The zero-order valence-corrected chi connectivity index (χ0v) is 15.0. The Hall–Kier alpha value is -1.84. The molecule has 130 valence electrons. The normalized spacial score (nSPS) is 18.7. The molecule has 0 N–H and O–H groups in total. The van der Waals surface area contributed by atoms with Gasteiger partial charge in [0.15, 0.2) is 0 Å². The highest BCUT2D eigenvalue weighted by Crippen LogP contribution is 2.28. The van der Waals surface area contributed by atoms with E-state index < -0.39 is 0 Å². The second-order valence-electron chi connectivity index (χ2n) is 7.47. The van der Waals surface area contributed by atoms with E-state index in [1.165, 1.54) is 12.0 Å². The van der Waals surface area contributed by atoms with Crippen molar-refractivity contribution in [2.45, 2.75) is 46.0 Å². The minimum atomic E-state index is 0.103. The van der Waals surface area contributed by atoms with Gasteiger partial charge in [-0.05, 0) is 42.9 Å². The summed E-state index contributed by atoms with van der Waals surface area (Å²) in [7, 11) is 0. The number of hydrogen-bond donors (Lipinski definition) is 0. The number of rotatable bonds is 3. The lowest BCUT2D eigenvalue weighted by Crippen LogP contribution is -2.52. The highest BCUT2D eigenvalue weighted by Gasteiger charge is 2.32. The Balaban J connectivity index is 1.65. The quantitative estimate of drug-likeness (QED) is 0.855. The van der Waals surface area contributed by atoms with E-state index in [9.17, 15) is 9.59 Å². The van der Waals surface area contributed by atoms with E-state index in [2.05, 4.69) is 19.9 Å². The van der Waals surface area contributed by atoms with Crippen LogP contribution in [0.5, 0.6) is 0 Å². The van der Waals surface area contributed by atoms with Crippen LogP contribution in [0.2, 0.25) is 0 Å². The van der Waals surface area contributed by atoms with Crippen LogP contribution in [-0.4, -0.2) is 47.8 Å². The number of hydrogen-bond acceptors (Lipinski definition) is 2. The van der Waals surface area contributed by atoms with Crippen molar-refractivity contribution in [3.63, 3.8) is 0 Å². The number of piperazine rings is 1. The van der Waals surface area contributed by atoms with Crippen LogP contribution < -0.4 is 0 Å². The maximum absolute atomic E-state index is 12.9. The average Bonchev–Trinajstić information content (AvgIpc) is 2.53. The number of aryl methyl sites for hydroxylation is 1. The molecule has 0 spiro atoms. The number of carbonyl (C=O) groups is 2. The van der Waals surface area contributed by atoms with Gasteiger partial charge in [-0.1, -0.05) is 32.4 Å². The lowest BCUT2D eigenvalue weighted by molar-refractivity contribution is -0.139. The molecule has 2 fully saturated rings. The second kappa shape index (κ2) is 6.96. The van der Waals surface area contributed by atoms with Crippen LogP contribution in [0.4, 0.5) is 0 Å². The number of amides is 2. The molecule has 1 aromatic rings. The molecule has 2 amide bonds. The van der Waals surface area contributed by atoms with E-state index in [1.54, 1.807) is 0 Å². The minimum Gasteiger partial charge on any atom is -0.339 e. The largest absolute Gasteiger partial charge is 0.339 e. The summed E-state index contributed by atoms with van der Waals surface area (Å²) in [6.07, 6.45) is 3.26. The van der Waals surface area contributed by atoms with Gasteiger partial charge >= 0.3 is 0 Å². The SMILES string of the molecule is Cc1ccc(C(C)C)cc1C(=O)N1CCN(C(=O)C2CCC2)CC1. The summed E-state index contributed by atoms with van der Waals surface area (Å²) in [5.41, 5.74) is 3.03. The summed E-state index contributed by atoms with van der Waals surface area (Å²) in [6.45, 7) is 8.90. The van der Waals surface area contributed by atoms with Crippen LogP contribution in [0, 0.1) is 12.8 Å². The van der Waals surface area contributed by atoms with Gasteiger partial charge in [-0.3, -0.25) is 9.59 Å². The maximum atomic E-state index is 12.9. The first-order chi connectivity index (χ1) is 11.5. The first-order valence-corrected chi connectivity index (χ1v) is 9.16. The van der Waals surface area contributed by atoms with Crippen LogP contribution >= 0.6 is 0 Å². The first kappa shape index (κ1) is 17.0. The Morgan fingerprint density at radius 1 is 1.04 bits per heavy atom. The van der Waals surface area contributed by atoms with E-state index in [-0.39, 0.29) is 11.8 Å². The second-order valence-corrected chi connectivity index (χ2v) is 7.47. The molecular formula is C20H28N2O2. The third-order valence-electron chi connectivity index (χ3n) is 5.49. The maximum Gasteiger partial charge on any atom is 0.254 e. The smallest absolute Gasteiger partial charge is 0.254 e. The molecule has 1 heterocycles. The molecule has 0 aromatic heterocycles. The molecule has 2 aliphatic rings. The Morgan fingerprint density at radius 3 is 2.21 bits per heavy atom. The molecule has 4 nitrogen and oxygen atoms in total. The third-order valence-corrected chi connectivity index (χ3v) is 5.49. The van der Waals surface area contributed by atoms with Crippen LogP contribution in [0.1, 0.15) is 60.5 Å². The van der Waals surface area contributed by atoms with Crippen molar-refractivity contribution < 1.29 is 9.59 Å². The van der Waals surface area contributed by atoms with Crippen molar-refractivity contribution in [3.8, 4) is 0 Å². The van der Waals surface area contributed by atoms with Gasteiger partial charge < -0.3 is 9.80 Å². The van der Waals surface area contributed by atoms with E-state index in [1.807, 2.05) is 28.9 Å². The molecule has 0 unspecified atom stereocenters. The fourth-order valence-electron chi connectivity index (χ4n) is 3.44. The summed E-state index contributed by atoms with van der Waals surface area (Å²) in [6, 6.07) is 6.18. The van der Waals surface area contributed by atoms with Crippen LogP contribution in [0.3, 0.4) is 0 Å². The first-order valence-electron chi connectivity index (χ1n) is 9.16. The Kier molecular flexibility index (Phi) is 4.93. The van der Waals surface area contributed by atoms with Crippen molar-refractivity contribution >= 4 is 11.8 Å². The van der Waals surface area contributed by atoms with Crippen molar-refractivity contribution in [1.29, 1.82) is 0 Å². The summed E-state index contributed by atoms with van der Waals surface area (Å²) < 4.78 is 0. The number of benzene rings is 1. The van der Waals surface area contributed by atoms with Gasteiger partial charge in [0.1, 0.15) is 0 Å². The molecular weight excluding hydrogens is 300 g/mol. The Labute approximate surface area is 144 Å². The summed E-state index contributed by atoms with van der Waals surface area (Å²) in [5.74, 6) is 1.06. The fourth-order valence-corrected chi connectivity index (χ4v) is 3.44. The zero-order valence-electron chi connectivity index (χ0n) is 15.0. The summed E-state index contributed by atoms with van der Waals surface area (Å²) >= 11 is 0. The lowest BCUT2D eigenvalue weighted by atomic mass is 9.84. The minimum absolute atomic E-state index is 0.103. The highest BCUT2D eigenvalue weighted by atomic mass is 16.2. The van der Waals surface area contributed by atoms with E-state index >= 15 is 0 Å². The van der Waals surface area contributed by atoms with Gasteiger partial charge in [0.25, 0.3) is 5.91 Å². The molecule has 1 aromatic carbocycles. The molecule has 0 radical (unpaired) electrons. The topological polar surface area (TPSA) is 40.6 Å². The van der Waals surface area contributed by atoms with Crippen molar-refractivity contribution in [3.05, 3.63) is 34.9 Å². The van der Waals surface area contributed by atoms with Gasteiger partial charge in [-0.15, -0.1) is 0 Å². The molecule has 1 aliphatic carbocycles. The van der Waals surface area contributed by atoms with Gasteiger partial charge in [0.2, 0.25) is 5.91 Å². The van der Waals surface area contributed by atoms with Crippen LogP contribution in [0.15, 0.2) is 18.2 Å². The fraction of sp³-hybridized carbons (Fsp3) is 0.600. The molecule has 0 atom stereocenters. The van der Waals surface area contributed by atoms with Gasteiger partial charge in [-0.25, -0.2) is 0 Å². The Bertz CT molecular complexity index is 627. The predicted molar refractivity (Wildman–Crippen MR) is 95.1 cm³/mol. The molecule has 1 saturated heterocycles. The van der Waals surface area contributed by atoms with Gasteiger partial charge in [0.05, 0.1) is 0 Å². The lowest BCUT2D eigenvalue weighted by Gasteiger charge is -2.38. The van der Waals surface area contributed by atoms with E-state index in [4.69, 9.17) is 0 Å². The van der Waals surface area contributed by atoms with E-state index in [0.29, 0.717) is 38.0 Å². The summed E-state index contributed by atoms with van der Waals surface area (Å²) in [5, 5.41) is 0. The molecule has 1 saturated carbocycles. The number of nitrogens with zero attached hydrogens (tertiary/aromatic N) is 2. The van der Waals surface area contributed by atoms with Crippen molar-refractivity contribution in [1.82, 2.24) is 9.80 Å². The predicted octanol–water partition coefficient (Wildman–Crippen LogP) is 3.20. The molecule has 0 bridgehead atoms. The molecule has 1 aliphatic heterocycles. The monoisotopic (exact) mass is 328 g/mol. The molecule has 3 rings (SSSR count). The van der Waals surface area contributed by atoms with Gasteiger partial charge in [-0.2, -0.15) is 0 Å². The number of carbonyl (C=O) groups excluding carboxylic acids is 2. The third kappa shape index (κ3) is 3.33. The average molecular weight is 328 g/mol. The van der Waals surface area contributed by atoms with Gasteiger partial charge in [0, 0.05) is 37.7 Å². The van der Waals surface area contributed by atoms with Crippen LogP contribution in [0.25, 0.3) is 0 Å².